The van der Waals surface area contributed by atoms with E-state index in [2.05, 4.69) is 26.6 Å². The summed E-state index contributed by atoms with van der Waals surface area (Å²) in [6.45, 7) is 1.56. The number of hydrogen-bond acceptors (Lipinski definition) is 5. The maximum absolute atomic E-state index is 14.8. The van der Waals surface area contributed by atoms with Gasteiger partial charge in [0, 0.05) is 10.0 Å². The number of carbonyl (C=O) groups is 3. The average molecular weight is 634 g/mol. The maximum Gasteiger partial charge on any atom is 0.261 e. The molecule has 42 heavy (non-hydrogen) atoms. The Kier molecular flexibility index (Phi) is 8.56. The molecule has 5 rings (SSSR count). The largest absolute Gasteiger partial charge is 0.496 e. The molecule has 1 aliphatic rings. The zero-order valence-corrected chi connectivity index (χ0v) is 24.9. The topological polar surface area (TPSA) is 91.0 Å². The number of methoxy groups -OCH3 is 1. The van der Waals surface area contributed by atoms with Crippen LogP contribution in [-0.4, -0.2) is 50.5 Å². The van der Waals surface area contributed by atoms with Gasteiger partial charge in [-0.3, -0.25) is 14.4 Å². The first kappa shape index (κ1) is 29.2. The summed E-state index contributed by atoms with van der Waals surface area (Å²) in [5, 5.41) is 7.50. The number of halogens is 2. The van der Waals surface area contributed by atoms with Crippen molar-refractivity contribution in [2.45, 2.75) is 25.6 Å². The molecule has 0 spiro atoms. The standard InChI is InChI=1S/C32H30BrFN4O4/c1-19(35-2)30(39)36-26-18-38(31(40)22-9-4-5-12-25(22)34)28-14-7-6-13-27(28)37(32(26)41)17-23-20-10-8-11-24(33)21(20)15-16-29(23)42-3/h4-16,19,26,35H,17-18H2,1-3H3,(H,36,39). The fourth-order valence-corrected chi connectivity index (χ4v) is 5.63. The van der Waals surface area contributed by atoms with E-state index in [9.17, 15) is 18.8 Å². The number of amides is 3. The number of para-hydroxylation sites is 2. The van der Waals surface area contributed by atoms with Crippen LogP contribution in [0.4, 0.5) is 15.8 Å². The van der Waals surface area contributed by atoms with Crippen molar-refractivity contribution in [3.8, 4) is 5.75 Å². The molecule has 4 aromatic carbocycles. The number of carbonyl (C=O) groups excluding carboxylic acids is 3. The van der Waals surface area contributed by atoms with Crippen LogP contribution in [0.5, 0.6) is 5.75 Å². The number of anilines is 2. The normalized spacial score (nSPS) is 15.6. The lowest BCUT2D eigenvalue weighted by Crippen LogP contribution is -2.55. The van der Waals surface area contributed by atoms with E-state index in [1.54, 1.807) is 56.3 Å². The summed E-state index contributed by atoms with van der Waals surface area (Å²) in [4.78, 5) is 44.1. The molecule has 2 unspecified atom stereocenters. The molecule has 0 aromatic heterocycles. The molecule has 1 heterocycles. The van der Waals surface area contributed by atoms with Gasteiger partial charge in [0.25, 0.3) is 11.8 Å². The van der Waals surface area contributed by atoms with E-state index in [0.29, 0.717) is 17.1 Å². The highest BCUT2D eigenvalue weighted by Gasteiger charge is 2.38. The zero-order valence-electron chi connectivity index (χ0n) is 23.4. The molecule has 10 heteroatoms. The summed E-state index contributed by atoms with van der Waals surface area (Å²) in [6.07, 6.45) is 0. The minimum absolute atomic E-state index is 0.0858. The van der Waals surface area contributed by atoms with E-state index >= 15 is 0 Å². The summed E-state index contributed by atoms with van der Waals surface area (Å²) < 4.78 is 21.4. The van der Waals surface area contributed by atoms with Crippen molar-refractivity contribution in [2.24, 2.45) is 0 Å². The highest BCUT2D eigenvalue weighted by atomic mass is 79.9. The highest BCUT2D eigenvalue weighted by Crippen LogP contribution is 2.38. The van der Waals surface area contributed by atoms with Gasteiger partial charge < -0.3 is 25.2 Å². The Morgan fingerprint density at radius 3 is 2.43 bits per heavy atom. The quantitative estimate of drug-likeness (QED) is 0.298. The lowest BCUT2D eigenvalue weighted by molar-refractivity contribution is -0.128. The average Bonchev–Trinajstić information content (AvgIpc) is 3.11. The van der Waals surface area contributed by atoms with E-state index in [-0.39, 0.29) is 18.7 Å². The van der Waals surface area contributed by atoms with Crippen LogP contribution in [-0.2, 0) is 16.1 Å². The molecule has 3 amide bonds. The van der Waals surface area contributed by atoms with Gasteiger partial charge in [0.05, 0.1) is 43.2 Å². The van der Waals surface area contributed by atoms with Gasteiger partial charge >= 0.3 is 0 Å². The third-order valence-corrected chi connectivity index (χ3v) is 8.19. The van der Waals surface area contributed by atoms with Crippen molar-refractivity contribution >= 4 is 55.8 Å². The van der Waals surface area contributed by atoms with Crippen molar-refractivity contribution < 1.29 is 23.5 Å². The Balaban J connectivity index is 1.67. The van der Waals surface area contributed by atoms with Gasteiger partial charge in [-0.25, -0.2) is 4.39 Å². The van der Waals surface area contributed by atoms with Gasteiger partial charge in [-0.1, -0.05) is 52.3 Å². The summed E-state index contributed by atoms with van der Waals surface area (Å²) in [7, 11) is 3.21. The van der Waals surface area contributed by atoms with Gasteiger partial charge in [0.2, 0.25) is 5.91 Å². The smallest absolute Gasteiger partial charge is 0.261 e. The first-order chi connectivity index (χ1) is 20.2. The van der Waals surface area contributed by atoms with Gasteiger partial charge in [-0.15, -0.1) is 0 Å². The SMILES string of the molecule is CNC(C)C(=O)NC1CN(C(=O)c2ccccc2F)c2ccccc2N(Cc2c(OC)ccc3c(Br)cccc23)C1=O. The predicted molar refractivity (Wildman–Crippen MR) is 164 cm³/mol. The fourth-order valence-electron chi connectivity index (χ4n) is 5.13. The minimum atomic E-state index is -1.12. The van der Waals surface area contributed by atoms with Gasteiger partial charge in [0.15, 0.2) is 0 Å². The molecular weight excluding hydrogens is 603 g/mol. The van der Waals surface area contributed by atoms with Crippen LogP contribution >= 0.6 is 15.9 Å². The third-order valence-electron chi connectivity index (χ3n) is 7.50. The van der Waals surface area contributed by atoms with Gasteiger partial charge in [-0.2, -0.15) is 0 Å². The Morgan fingerprint density at radius 2 is 1.71 bits per heavy atom. The molecule has 0 radical (unpaired) electrons. The molecule has 0 aliphatic carbocycles. The second-order valence-electron chi connectivity index (χ2n) is 9.96. The number of rotatable bonds is 7. The molecule has 1 aliphatic heterocycles. The molecule has 216 valence electrons. The number of hydrogen-bond donors (Lipinski definition) is 2. The van der Waals surface area contributed by atoms with E-state index < -0.39 is 35.6 Å². The molecule has 2 atom stereocenters. The van der Waals surface area contributed by atoms with E-state index in [1.165, 1.54) is 23.1 Å². The first-order valence-corrected chi connectivity index (χ1v) is 14.2. The molecule has 8 nitrogen and oxygen atoms in total. The van der Waals surface area contributed by atoms with Crippen molar-refractivity contribution in [3.05, 3.63) is 100 Å². The summed E-state index contributed by atoms with van der Waals surface area (Å²) >= 11 is 3.61. The summed E-state index contributed by atoms with van der Waals surface area (Å²) in [5.41, 5.74) is 1.47. The lowest BCUT2D eigenvalue weighted by Gasteiger charge is -2.27. The van der Waals surface area contributed by atoms with E-state index in [1.807, 2.05) is 30.3 Å². The van der Waals surface area contributed by atoms with Crippen molar-refractivity contribution in [3.63, 3.8) is 0 Å². The van der Waals surface area contributed by atoms with Crippen molar-refractivity contribution in [2.75, 3.05) is 30.5 Å². The van der Waals surface area contributed by atoms with E-state index in [4.69, 9.17) is 4.74 Å². The highest BCUT2D eigenvalue weighted by molar-refractivity contribution is 9.10. The molecular formula is C32H30BrFN4O4. The number of nitrogens with zero attached hydrogens (tertiary/aromatic N) is 2. The third kappa shape index (κ3) is 5.47. The minimum Gasteiger partial charge on any atom is -0.496 e. The monoisotopic (exact) mass is 632 g/mol. The van der Waals surface area contributed by atoms with Crippen LogP contribution in [0.15, 0.2) is 83.3 Å². The van der Waals surface area contributed by atoms with Crippen LogP contribution in [0.3, 0.4) is 0 Å². The summed E-state index contributed by atoms with van der Waals surface area (Å²) in [6, 6.07) is 20.5. The van der Waals surface area contributed by atoms with Crippen LogP contribution in [0.2, 0.25) is 0 Å². The Labute approximate surface area is 251 Å². The Bertz CT molecular complexity index is 1680. The molecule has 0 fully saturated rings. The second-order valence-corrected chi connectivity index (χ2v) is 10.8. The van der Waals surface area contributed by atoms with Gasteiger partial charge in [-0.05, 0) is 67.2 Å². The fraction of sp³-hybridized carbons (Fsp3) is 0.219. The van der Waals surface area contributed by atoms with Crippen molar-refractivity contribution in [1.29, 1.82) is 0 Å². The number of fused-ring (bicyclic) bond motifs is 2. The molecule has 4 aromatic rings. The maximum atomic E-state index is 14.8. The number of ether oxygens (including phenoxy) is 1. The molecule has 2 N–H and O–H groups in total. The van der Waals surface area contributed by atoms with Crippen LogP contribution in [0.1, 0.15) is 22.8 Å². The number of benzene rings is 4. The molecule has 0 saturated carbocycles. The molecule has 0 saturated heterocycles. The van der Waals surface area contributed by atoms with Gasteiger partial charge in [0.1, 0.15) is 17.6 Å². The number of nitrogens with one attached hydrogen (secondary N) is 2. The first-order valence-electron chi connectivity index (χ1n) is 13.4. The van der Waals surface area contributed by atoms with Crippen LogP contribution < -0.4 is 25.2 Å². The summed E-state index contributed by atoms with van der Waals surface area (Å²) in [5.74, 6) is -1.55. The zero-order chi connectivity index (χ0) is 30.0. The van der Waals surface area contributed by atoms with Crippen LogP contribution in [0.25, 0.3) is 10.8 Å². The van der Waals surface area contributed by atoms with Crippen LogP contribution in [0, 0.1) is 5.82 Å². The lowest BCUT2D eigenvalue weighted by atomic mass is 10.0. The molecule has 0 bridgehead atoms. The Morgan fingerprint density at radius 1 is 1.00 bits per heavy atom. The number of likely N-dealkylation sites (N-methyl/N-ethyl adjacent to an activating group) is 1. The van der Waals surface area contributed by atoms with E-state index in [0.717, 1.165) is 20.8 Å². The predicted octanol–water partition coefficient (Wildman–Crippen LogP) is 5.04. The Hall–Kier alpha value is -4.28. The van der Waals surface area contributed by atoms with Crippen molar-refractivity contribution in [1.82, 2.24) is 10.6 Å². The second kappa shape index (κ2) is 12.3.